The second kappa shape index (κ2) is 10.2. The minimum atomic E-state index is -1.38. The van der Waals surface area contributed by atoms with Crippen LogP contribution in [0.4, 0.5) is 5.69 Å². The summed E-state index contributed by atoms with van der Waals surface area (Å²) in [5.41, 5.74) is 2.86. The fourth-order valence-electron chi connectivity index (χ4n) is 4.47. The fraction of sp³-hybridized carbons (Fsp3) is 0.172. The van der Waals surface area contributed by atoms with Gasteiger partial charge in [0.05, 0.1) is 31.0 Å². The van der Waals surface area contributed by atoms with Crippen molar-refractivity contribution >= 4 is 34.2 Å². The molecule has 38 heavy (non-hydrogen) atoms. The molecule has 5 rings (SSSR count). The number of ether oxygens (including phenoxy) is 3. The van der Waals surface area contributed by atoms with Gasteiger partial charge in [0.1, 0.15) is 23.6 Å². The predicted octanol–water partition coefficient (Wildman–Crippen LogP) is 4.07. The number of amides is 2. The van der Waals surface area contributed by atoms with Crippen LogP contribution in [0.3, 0.4) is 0 Å². The molecule has 1 unspecified atom stereocenters. The van der Waals surface area contributed by atoms with Gasteiger partial charge in [0.2, 0.25) is 0 Å². The van der Waals surface area contributed by atoms with Crippen molar-refractivity contribution in [3.63, 3.8) is 0 Å². The summed E-state index contributed by atoms with van der Waals surface area (Å²) < 4.78 is 17.3. The van der Waals surface area contributed by atoms with Crippen molar-refractivity contribution in [1.29, 1.82) is 0 Å². The Balaban J connectivity index is 1.43. The van der Waals surface area contributed by atoms with E-state index in [1.165, 1.54) is 20.3 Å². The molecule has 1 aromatic heterocycles. The molecule has 0 saturated heterocycles. The lowest BCUT2D eigenvalue weighted by Gasteiger charge is -2.24. The third-order valence-electron chi connectivity index (χ3n) is 6.33. The number of ketones is 1. The van der Waals surface area contributed by atoms with Crippen LogP contribution in [0.25, 0.3) is 10.9 Å². The van der Waals surface area contributed by atoms with Crippen LogP contribution in [0.15, 0.2) is 66.7 Å². The van der Waals surface area contributed by atoms with Crippen molar-refractivity contribution in [1.82, 2.24) is 10.3 Å². The van der Waals surface area contributed by atoms with E-state index in [1.807, 2.05) is 37.3 Å². The quantitative estimate of drug-likeness (QED) is 0.359. The van der Waals surface area contributed by atoms with E-state index in [0.29, 0.717) is 28.5 Å². The van der Waals surface area contributed by atoms with Crippen molar-refractivity contribution < 1.29 is 28.6 Å². The smallest absolute Gasteiger partial charge is 0.255 e. The minimum absolute atomic E-state index is 0.0528. The molecule has 0 fully saturated rings. The van der Waals surface area contributed by atoms with Gasteiger partial charge in [-0.1, -0.05) is 36.4 Å². The molecule has 2 N–H and O–H groups in total. The summed E-state index contributed by atoms with van der Waals surface area (Å²) in [6, 6.07) is 17.8. The summed E-state index contributed by atoms with van der Waals surface area (Å²) in [5.74, 6) is -0.305. The zero-order valence-electron chi connectivity index (χ0n) is 21.0. The first kappa shape index (κ1) is 24.8. The lowest BCUT2D eigenvalue weighted by Crippen LogP contribution is -2.52. The Kier molecular flexibility index (Phi) is 6.66. The van der Waals surface area contributed by atoms with Gasteiger partial charge in [-0.25, -0.2) is 4.98 Å². The Morgan fingerprint density at radius 3 is 2.47 bits per heavy atom. The number of hydrogen-bond donors (Lipinski definition) is 2. The summed E-state index contributed by atoms with van der Waals surface area (Å²) >= 11 is 0. The first-order chi connectivity index (χ1) is 18.4. The number of benzene rings is 3. The Bertz CT molecular complexity index is 1580. The molecule has 0 bridgehead atoms. The molecule has 4 aromatic rings. The van der Waals surface area contributed by atoms with Gasteiger partial charge in [-0.15, -0.1) is 0 Å². The number of para-hydroxylation sites is 1. The number of aryl methyl sites for hydroxylation is 1. The molecule has 1 aliphatic heterocycles. The van der Waals surface area contributed by atoms with Gasteiger partial charge < -0.3 is 24.8 Å². The highest BCUT2D eigenvalue weighted by Gasteiger charge is 2.37. The number of carbonyl (C=O) groups excluding carboxylic acids is 3. The number of nitrogens with one attached hydrogen (secondary N) is 2. The van der Waals surface area contributed by atoms with Gasteiger partial charge in [0.15, 0.2) is 17.6 Å². The van der Waals surface area contributed by atoms with Crippen molar-refractivity contribution in [3.05, 3.63) is 89.1 Å². The van der Waals surface area contributed by atoms with Crippen molar-refractivity contribution in [2.24, 2.45) is 0 Å². The average molecular weight is 512 g/mol. The Morgan fingerprint density at radius 1 is 0.921 bits per heavy atom. The van der Waals surface area contributed by atoms with Gasteiger partial charge in [-0.2, -0.15) is 0 Å². The predicted molar refractivity (Wildman–Crippen MR) is 141 cm³/mol. The second-order valence-electron chi connectivity index (χ2n) is 8.70. The highest BCUT2D eigenvalue weighted by atomic mass is 16.5. The molecule has 3 aromatic carbocycles. The van der Waals surface area contributed by atoms with Gasteiger partial charge in [-0.05, 0) is 37.3 Å². The lowest BCUT2D eigenvalue weighted by atomic mass is 9.93. The highest BCUT2D eigenvalue weighted by molar-refractivity contribution is 6.25. The molecule has 2 amide bonds. The summed E-state index contributed by atoms with van der Waals surface area (Å²) in [4.78, 5) is 43.2. The molecule has 1 atom stereocenters. The number of fused-ring (bicyclic) bond motifs is 2. The topological polar surface area (TPSA) is 116 Å². The molecule has 9 nitrogen and oxygen atoms in total. The highest BCUT2D eigenvalue weighted by Crippen LogP contribution is 2.37. The molecule has 1 aliphatic rings. The normalized spacial score (nSPS) is 14.4. The molecule has 0 radical (unpaired) electrons. The van der Waals surface area contributed by atoms with E-state index >= 15 is 0 Å². The molecular formula is C29H25N3O6. The van der Waals surface area contributed by atoms with E-state index in [9.17, 15) is 14.4 Å². The number of methoxy groups -OCH3 is 2. The van der Waals surface area contributed by atoms with Crippen LogP contribution >= 0.6 is 0 Å². The van der Waals surface area contributed by atoms with E-state index in [2.05, 4.69) is 15.6 Å². The van der Waals surface area contributed by atoms with Crippen LogP contribution in [0.1, 0.15) is 32.0 Å². The van der Waals surface area contributed by atoms with Gasteiger partial charge >= 0.3 is 0 Å². The van der Waals surface area contributed by atoms with Gasteiger partial charge in [0, 0.05) is 16.6 Å². The number of pyridine rings is 1. The van der Waals surface area contributed by atoms with Crippen LogP contribution in [0, 0.1) is 6.92 Å². The number of nitrogens with zero attached hydrogens (tertiary/aromatic N) is 1. The molecule has 0 saturated carbocycles. The van der Waals surface area contributed by atoms with E-state index < -0.39 is 23.6 Å². The van der Waals surface area contributed by atoms with E-state index in [-0.39, 0.29) is 17.7 Å². The number of Topliss-reactive ketones (excluding diaryl/α,β-unsaturated/α-hetero) is 1. The first-order valence-corrected chi connectivity index (χ1v) is 11.9. The summed E-state index contributed by atoms with van der Waals surface area (Å²) in [6.45, 7) is 1.96. The summed E-state index contributed by atoms with van der Waals surface area (Å²) in [6.07, 6.45) is 0. The number of rotatable bonds is 7. The van der Waals surface area contributed by atoms with Crippen LogP contribution in [-0.2, 0) is 11.4 Å². The molecule has 192 valence electrons. The van der Waals surface area contributed by atoms with Crippen molar-refractivity contribution in [2.45, 2.75) is 19.6 Å². The third kappa shape index (κ3) is 4.50. The van der Waals surface area contributed by atoms with Crippen molar-refractivity contribution in [3.8, 4) is 17.2 Å². The molecule has 9 heteroatoms. The molecular weight excluding hydrogens is 486 g/mol. The van der Waals surface area contributed by atoms with Crippen LogP contribution in [0.2, 0.25) is 0 Å². The number of carbonyl (C=O) groups is 3. The maximum absolute atomic E-state index is 13.2. The SMILES string of the molecule is COc1ccc(NC(=O)C2NC(=O)c3ccccc3C2=O)c(OC)c1COc1cccc2ccc(C)nc12. The maximum Gasteiger partial charge on any atom is 0.255 e. The first-order valence-electron chi connectivity index (χ1n) is 11.9. The molecule has 0 spiro atoms. The zero-order valence-corrected chi connectivity index (χ0v) is 21.0. The Morgan fingerprint density at radius 2 is 1.71 bits per heavy atom. The Labute approximate surface area is 218 Å². The maximum atomic E-state index is 13.2. The third-order valence-corrected chi connectivity index (χ3v) is 6.33. The monoisotopic (exact) mass is 511 g/mol. The van der Waals surface area contributed by atoms with E-state index in [1.54, 1.807) is 30.3 Å². The van der Waals surface area contributed by atoms with Gasteiger partial charge in [0.25, 0.3) is 11.8 Å². The van der Waals surface area contributed by atoms with Crippen LogP contribution in [0.5, 0.6) is 17.2 Å². The van der Waals surface area contributed by atoms with E-state index in [0.717, 1.165) is 16.6 Å². The fourth-order valence-corrected chi connectivity index (χ4v) is 4.47. The standard InChI is InChI=1S/C29H25N3O6/c1-16-11-12-17-7-6-10-23(24(17)30-16)38-15-20-22(36-2)14-13-21(27(20)37-3)31-29(35)25-26(33)18-8-4-5-9-19(18)28(34)32-25/h4-14,25H,15H2,1-3H3,(H,31,35)(H,32,34). The lowest BCUT2D eigenvalue weighted by molar-refractivity contribution is -0.117. The summed E-state index contributed by atoms with van der Waals surface area (Å²) in [5, 5.41) is 6.14. The largest absolute Gasteiger partial charge is 0.496 e. The number of anilines is 1. The van der Waals surface area contributed by atoms with Gasteiger partial charge in [-0.3, -0.25) is 14.4 Å². The summed E-state index contributed by atoms with van der Waals surface area (Å²) in [7, 11) is 2.98. The second-order valence-corrected chi connectivity index (χ2v) is 8.70. The zero-order chi connectivity index (χ0) is 26.8. The molecule has 0 aliphatic carbocycles. The van der Waals surface area contributed by atoms with Crippen LogP contribution < -0.4 is 24.8 Å². The minimum Gasteiger partial charge on any atom is -0.496 e. The molecule has 2 heterocycles. The van der Waals surface area contributed by atoms with E-state index in [4.69, 9.17) is 14.2 Å². The number of aromatic nitrogens is 1. The number of hydrogen-bond acceptors (Lipinski definition) is 7. The van der Waals surface area contributed by atoms with Crippen LogP contribution in [-0.4, -0.2) is 42.8 Å². The van der Waals surface area contributed by atoms with Crippen molar-refractivity contribution in [2.75, 3.05) is 19.5 Å². The Hall–Kier alpha value is -4.92. The average Bonchev–Trinajstić information content (AvgIpc) is 2.93.